The van der Waals surface area contributed by atoms with Crippen molar-refractivity contribution in [3.05, 3.63) is 71.8 Å². The molecular weight excluding hydrogens is 985 g/mol. The molecule has 1 aromatic carbocycles. The maximum atomic E-state index is 16.5. The summed E-state index contributed by atoms with van der Waals surface area (Å²) in [6.45, 7) is 12.2. The number of allylic oxidation sites excluding steroid dienone is 1. The number of ketones is 1. The lowest BCUT2D eigenvalue weighted by Gasteiger charge is -2.71. The summed E-state index contributed by atoms with van der Waals surface area (Å²) >= 11 is 0. The Morgan fingerprint density at radius 2 is 1.72 bits per heavy atom. The Labute approximate surface area is 461 Å². The fourth-order valence-corrected chi connectivity index (χ4v) is 22.4. The van der Waals surface area contributed by atoms with Gasteiger partial charge in [-0.2, -0.15) is 0 Å². The van der Waals surface area contributed by atoms with Gasteiger partial charge in [0.15, 0.2) is 11.9 Å². The quantitative estimate of drug-likeness (QED) is 0.124. The highest BCUT2D eigenvalue weighted by Crippen LogP contribution is 2.84. The van der Waals surface area contributed by atoms with E-state index in [0.717, 1.165) is 109 Å². The van der Waals surface area contributed by atoms with E-state index >= 15 is 14.4 Å². The molecule has 0 unspecified atom stereocenters. The number of fused-ring (bicyclic) bond motifs is 5. The van der Waals surface area contributed by atoms with Gasteiger partial charge in [-0.3, -0.25) is 14.9 Å². The van der Waals surface area contributed by atoms with Crippen LogP contribution < -0.4 is 5.32 Å². The molecule has 13 nitrogen and oxygen atoms in total. The van der Waals surface area contributed by atoms with E-state index in [9.17, 15) is 15.3 Å². The van der Waals surface area contributed by atoms with Crippen molar-refractivity contribution in [2.24, 2.45) is 86.3 Å². The lowest BCUT2D eigenvalue weighted by molar-refractivity contribution is -0.288. The van der Waals surface area contributed by atoms with E-state index in [1.54, 1.807) is 6.26 Å². The highest BCUT2D eigenvalue weighted by molar-refractivity contribution is 5.93. The zero-order chi connectivity index (χ0) is 53.9. The molecule has 0 bridgehead atoms. The number of nitrogens with one attached hydrogen (secondary N) is 1. The SMILES string of the molecule is CC(C)C[C@H]1CC2(CCCC2)C[C@@]12C(=O)OC[C@]13[C@H](C(=O)[C@@H](O)[C@]4([C@H]5CCC[C@H](Cc6ccccc6)C5)[C@@H]1CC[C@@]1(C)[C@H](c5ccoc5C[C@@H]([C@H]5CC[C@@H]6[C@H](C=CN7CNC[C@@H]67)C5)[C@H](O)CO)OC(=O)[C@H]5O[C@@]541)C(C)(C)O[C@@H]23. The van der Waals surface area contributed by atoms with Crippen LogP contribution in [-0.2, 0) is 46.2 Å². The smallest absolute Gasteiger partial charge is 0.339 e. The van der Waals surface area contributed by atoms with E-state index < -0.39 is 81.2 Å². The lowest BCUT2D eigenvalue weighted by Crippen LogP contribution is -2.80. The highest BCUT2D eigenvalue weighted by atomic mass is 16.7. The summed E-state index contributed by atoms with van der Waals surface area (Å²) in [7, 11) is 0. The van der Waals surface area contributed by atoms with E-state index in [1.165, 1.54) is 5.56 Å². The number of benzene rings is 1. The normalized spacial score (nSPS) is 46.1. The number of epoxide rings is 1. The molecule has 424 valence electrons. The molecule has 1 aromatic heterocycles. The fourth-order valence-electron chi connectivity index (χ4n) is 22.4. The van der Waals surface area contributed by atoms with Crippen LogP contribution >= 0.6 is 0 Å². The zero-order valence-electron chi connectivity index (χ0n) is 47.0. The zero-order valence-corrected chi connectivity index (χ0v) is 47.0. The summed E-state index contributed by atoms with van der Waals surface area (Å²) in [5.74, 6) is -0.423. The molecule has 4 spiro atoms. The monoisotopic (exact) mass is 1070 g/mol. The highest BCUT2D eigenvalue weighted by Gasteiger charge is 2.94. The third-order valence-corrected chi connectivity index (χ3v) is 24.9. The Morgan fingerprint density at radius 1 is 0.910 bits per heavy atom. The first-order valence-corrected chi connectivity index (χ1v) is 31.0. The summed E-state index contributed by atoms with van der Waals surface area (Å²) in [6.07, 6.45) is 16.8. The van der Waals surface area contributed by atoms with Gasteiger partial charge in [-0.15, -0.1) is 0 Å². The Kier molecular flexibility index (Phi) is 12.4. The minimum absolute atomic E-state index is 0.00309. The van der Waals surface area contributed by atoms with Gasteiger partial charge in [-0.25, -0.2) is 4.79 Å². The van der Waals surface area contributed by atoms with Crippen molar-refractivity contribution >= 4 is 17.7 Å². The van der Waals surface area contributed by atoms with Crippen molar-refractivity contribution < 1.29 is 53.1 Å². The van der Waals surface area contributed by atoms with Gasteiger partial charge in [-0.05, 0) is 174 Å². The number of Topliss-reactive ketones (excluding diaryl/α,β-unsaturated/α-hetero) is 1. The second kappa shape index (κ2) is 18.5. The second-order valence-corrected chi connectivity index (χ2v) is 29.2. The molecule has 11 fully saturated rings. The average Bonchev–Trinajstić information content (AvgIpc) is 1.64. The Morgan fingerprint density at radius 3 is 2.50 bits per heavy atom. The number of furan rings is 1. The largest absolute Gasteiger partial charge is 0.469 e. The molecule has 13 heteroatoms. The lowest BCUT2D eigenvalue weighted by atomic mass is 9.32. The van der Waals surface area contributed by atoms with Crippen LogP contribution in [0, 0.1) is 86.3 Å². The van der Waals surface area contributed by atoms with Crippen molar-refractivity contribution in [2.75, 3.05) is 26.4 Å². The van der Waals surface area contributed by atoms with Gasteiger partial charge in [0.2, 0.25) is 0 Å². The van der Waals surface area contributed by atoms with E-state index in [1.807, 2.05) is 19.9 Å². The predicted molar refractivity (Wildman–Crippen MR) is 289 cm³/mol. The van der Waals surface area contributed by atoms with Gasteiger partial charge in [0.05, 0.1) is 48.7 Å². The summed E-state index contributed by atoms with van der Waals surface area (Å²) in [6, 6.07) is 13.0. The Balaban J connectivity index is 0.895. The molecule has 6 saturated carbocycles. The topological polar surface area (TPSA) is 181 Å². The van der Waals surface area contributed by atoms with Crippen molar-refractivity contribution in [3.63, 3.8) is 0 Å². The van der Waals surface area contributed by atoms with Crippen LogP contribution in [0.15, 0.2) is 59.4 Å². The predicted octanol–water partition coefficient (Wildman–Crippen LogP) is 9.05. The van der Waals surface area contributed by atoms with Crippen LogP contribution in [0.1, 0.15) is 160 Å². The molecule has 4 N–H and O–H groups in total. The number of aliphatic hydroxyl groups excluding tert-OH is 3. The summed E-state index contributed by atoms with van der Waals surface area (Å²) in [5.41, 5.74) is -4.61. The van der Waals surface area contributed by atoms with Gasteiger partial charge < -0.3 is 43.6 Å². The fraction of sp³-hybridized carbons (Fsp3) is 0.769. The van der Waals surface area contributed by atoms with Crippen LogP contribution in [-0.4, -0.2) is 106 Å². The van der Waals surface area contributed by atoms with Crippen molar-refractivity contribution in [1.82, 2.24) is 10.2 Å². The van der Waals surface area contributed by atoms with Gasteiger partial charge in [0.1, 0.15) is 30.2 Å². The number of nitrogens with zero attached hydrogens (tertiary/aromatic N) is 1. The molecule has 0 radical (unpaired) electrons. The molecule has 0 amide bonds. The number of carbonyl (C=O) groups is 3. The third-order valence-electron chi connectivity index (χ3n) is 24.9. The van der Waals surface area contributed by atoms with Gasteiger partial charge in [0.25, 0.3) is 0 Å². The molecule has 6 aliphatic carbocycles. The number of hydrogen-bond donors (Lipinski definition) is 4. The van der Waals surface area contributed by atoms with Crippen molar-refractivity contribution in [1.29, 1.82) is 0 Å². The standard InChI is InChI=1S/C65H88N2O11/c1-37(2)26-43-31-61(21-9-10-22-61)34-62(43)57-63(35-75-58(62)73)50-18-23-60(5)54(45-20-25-74-49(45)30-46(48(69)33-68)40-16-17-44-41(29-40)19-24-67-36-66-32-47(44)67)76-56(72)55-65(60,77-55)64(50,53(71)51(70)52(63)59(3,4)78-57)42-15-11-14-39(28-42)27-38-12-7-6-8-13-38/h6-8,12-13,19-20,24-25,37,39-44,46-48,50,52-55,57,66,68-69,71H,9-11,14-18,21-23,26-36H2,1-5H3/t39-,40+,41-,42+,43+,44-,46+,47+,48-,50-,52-,53-,54+,55-,57+,60+,62-,63-,64+,65-/m1/s1. The number of hydrogen-bond acceptors (Lipinski definition) is 13. The minimum atomic E-state index is -1.50. The van der Waals surface area contributed by atoms with Crippen molar-refractivity contribution in [3.8, 4) is 0 Å². The molecule has 2 aromatic rings. The molecule has 7 heterocycles. The van der Waals surface area contributed by atoms with Crippen molar-refractivity contribution in [2.45, 2.75) is 198 Å². The molecule has 5 saturated heterocycles. The molecule has 12 aliphatic rings. The molecule has 6 aliphatic heterocycles. The van der Waals surface area contributed by atoms with Gasteiger partial charge >= 0.3 is 11.9 Å². The average molecular weight is 1070 g/mol. The van der Waals surface area contributed by atoms with E-state index in [0.29, 0.717) is 55.2 Å². The molecule has 14 rings (SSSR count). The summed E-state index contributed by atoms with van der Waals surface area (Å²) in [4.78, 5) is 49.7. The third kappa shape index (κ3) is 7.08. The summed E-state index contributed by atoms with van der Waals surface area (Å²) in [5, 5.41) is 40.1. The second-order valence-electron chi connectivity index (χ2n) is 29.2. The van der Waals surface area contributed by atoms with E-state index in [2.05, 4.69) is 73.6 Å². The Bertz CT molecular complexity index is 2700. The first-order chi connectivity index (χ1) is 37.5. The first-order valence-electron chi connectivity index (χ1n) is 31.0. The number of aliphatic hydroxyl groups is 3. The number of carbonyl (C=O) groups excluding carboxylic acids is 3. The number of ether oxygens (including phenoxy) is 4. The molecule has 20 atom stereocenters. The Hall–Kier alpha value is -3.59. The minimum Gasteiger partial charge on any atom is -0.469 e. The van der Waals surface area contributed by atoms with Crippen LogP contribution in [0.2, 0.25) is 0 Å². The van der Waals surface area contributed by atoms with Gasteiger partial charge in [0, 0.05) is 40.8 Å². The van der Waals surface area contributed by atoms with E-state index in [-0.39, 0.29) is 60.0 Å². The maximum absolute atomic E-state index is 16.5. The number of rotatable bonds is 11. The molecular formula is C65H88N2O11. The van der Waals surface area contributed by atoms with Gasteiger partial charge in [-0.1, -0.05) is 82.9 Å². The van der Waals surface area contributed by atoms with Crippen LogP contribution in [0.4, 0.5) is 0 Å². The summed E-state index contributed by atoms with van der Waals surface area (Å²) < 4.78 is 35.3. The maximum Gasteiger partial charge on any atom is 0.339 e. The van der Waals surface area contributed by atoms with Crippen LogP contribution in [0.25, 0.3) is 0 Å². The number of cyclic esters (lactones) is 2. The number of esters is 2. The van der Waals surface area contributed by atoms with Crippen LogP contribution in [0.3, 0.4) is 0 Å². The van der Waals surface area contributed by atoms with E-state index in [4.69, 9.17) is 23.4 Å². The first kappa shape index (κ1) is 52.5. The molecule has 78 heavy (non-hydrogen) atoms. The van der Waals surface area contributed by atoms with Crippen LogP contribution in [0.5, 0.6) is 0 Å².